The van der Waals surface area contributed by atoms with Crippen molar-refractivity contribution in [2.45, 2.75) is 26.3 Å². The number of likely N-dealkylation sites (N-methyl/N-ethyl adjacent to an activating group) is 1. The Kier molecular flexibility index (Phi) is 5.64. The Morgan fingerprint density at radius 3 is 2.65 bits per heavy atom. The highest BCUT2D eigenvalue weighted by molar-refractivity contribution is 9.10. The first-order chi connectivity index (χ1) is 9.60. The summed E-state index contributed by atoms with van der Waals surface area (Å²) in [6, 6.07) is 15.0. The van der Waals surface area contributed by atoms with Crippen LogP contribution < -0.4 is 5.32 Å². The average molecular weight is 353 g/mol. The van der Waals surface area contributed by atoms with Crippen molar-refractivity contribution in [3.63, 3.8) is 0 Å². The predicted octanol–water partition coefficient (Wildman–Crippen LogP) is 5.30. The lowest BCUT2D eigenvalue weighted by Gasteiger charge is -2.19. The smallest absolute Gasteiger partial charge is 0.0441 e. The van der Waals surface area contributed by atoms with Gasteiger partial charge in [-0.25, -0.2) is 0 Å². The number of halogens is 2. The zero-order chi connectivity index (χ0) is 14.5. The molecule has 3 heteroatoms. The number of benzene rings is 2. The van der Waals surface area contributed by atoms with Crippen LogP contribution in [-0.4, -0.2) is 6.54 Å². The molecule has 2 aromatic carbocycles. The second-order valence-corrected chi connectivity index (χ2v) is 6.29. The van der Waals surface area contributed by atoms with E-state index in [1.807, 2.05) is 12.1 Å². The molecule has 20 heavy (non-hydrogen) atoms. The molecule has 0 amide bonds. The number of hydrogen-bond donors (Lipinski definition) is 1. The lowest BCUT2D eigenvalue weighted by Crippen LogP contribution is -2.23. The second kappa shape index (κ2) is 7.26. The molecule has 1 atom stereocenters. The molecule has 1 unspecified atom stereocenters. The second-order valence-electron chi connectivity index (χ2n) is 4.96. The highest BCUT2D eigenvalue weighted by Crippen LogP contribution is 2.26. The SMILES string of the molecule is CCNC(Cc1ccc(C)cc1Cl)c1cccc(Br)c1. The van der Waals surface area contributed by atoms with E-state index in [4.69, 9.17) is 11.6 Å². The van der Waals surface area contributed by atoms with Gasteiger partial charge < -0.3 is 5.32 Å². The zero-order valence-corrected chi connectivity index (χ0v) is 14.1. The van der Waals surface area contributed by atoms with Gasteiger partial charge in [0.1, 0.15) is 0 Å². The van der Waals surface area contributed by atoms with Crippen molar-refractivity contribution < 1.29 is 0 Å². The molecular weight excluding hydrogens is 334 g/mol. The highest BCUT2D eigenvalue weighted by atomic mass is 79.9. The van der Waals surface area contributed by atoms with Gasteiger partial charge in [-0.3, -0.25) is 0 Å². The van der Waals surface area contributed by atoms with Crippen LogP contribution in [0, 0.1) is 6.92 Å². The van der Waals surface area contributed by atoms with Crippen LogP contribution in [0.1, 0.15) is 29.7 Å². The van der Waals surface area contributed by atoms with Gasteiger partial charge in [-0.15, -0.1) is 0 Å². The number of nitrogens with one attached hydrogen (secondary N) is 1. The van der Waals surface area contributed by atoms with E-state index in [0.29, 0.717) is 0 Å². The average Bonchev–Trinajstić information content (AvgIpc) is 2.41. The minimum atomic E-state index is 0.276. The van der Waals surface area contributed by atoms with E-state index in [1.165, 1.54) is 16.7 Å². The monoisotopic (exact) mass is 351 g/mol. The van der Waals surface area contributed by atoms with Crippen LogP contribution in [0.3, 0.4) is 0 Å². The van der Waals surface area contributed by atoms with Crippen LogP contribution >= 0.6 is 27.5 Å². The molecule has 0 saturated heterocycles. The summed E-state index contributed by atoms with van der Waals surface area (Å²) < 4.78 is 1.10. The molecule has 2 rings (SSSR count). The Bertz CT molecular complexity index is 583. The van der Waals surface area contributed by atoms with Gasteiger partial charge in [0, 0.05) is 15.5 Å². The first kappa shape index (κ1) is 15.6. The minimum absolute atomic E-state index is 0.276. The molecule has 0 fully saturated rings. The number of aryl methyl sites for hydroxylation is 1. The fourth-order valence-electron chi connectivity index (χ4n) is 2.32. The molecule has 1 N–H and O–H groups in total. The van der Waals surface area contributed by atoms with Gasteiger partial charge in [0.05, 0.1) is 0 Å². The maximum Gasteiger partial charge on any atom is 0.0441 e. The maximum absolute atomic E-state index is 6.36. The highest BCUT2D eigenvalue weighted by Gasteiger charge is 2.13. The maximum atomic E-state index is 6.36. The third-order valence-corrected chi connectivity index (χ3v) is 4.18. The van der Waals surface area contributed by atoms with Crippen LogP contribution in [0.5, 0.6) is 0 Å². The van der Waals surface area contributed by atoms with Gasteiger partial charge in [0.15, 0.2) is 0 Å². The summed E-state index contributed by atoms with van der Waals surface area (Å²) >= 11 is 9.89. The van der Waals surface area contributed by atoms with Crippen LogP contribution in [0.25, 0.3) is 0 Å². The first-order valence-electron chi connectivity index (χ1n) is 6.84. The summed E-state index contributed by atoms with van der Waals surface area (Å²) in [4.78, 5) is 0. The molecule has 106 valence electrons. The van der Waals surface area contributed by atoms with Gasteiger partial charge in [-0.2, -0.15) is 0 Å². The molecule has 0 aliphatic rings. The summed E-state index contributed by atoms with van der Waals surface area (Å²) in [5.41, 5.74) is 3.65. The third kappa shape index (κ3) is 4.08. The van der Waals surface area contributed by atoms with E-state index in [9.17, 15) is 0 Å². The molecule has 0 spiro atoms. The summed E-state index contributed by atoms with van der Waals surface area (Å²) in [5.74, 6) is 0. The fourth-order valence-corrected chi connectivity index (χ4v) is 3.04. The standard InChI is InChI=1S/C17H19BrClN/c1-3-20-17(14-5-4-6-15(18)10-14)11-13-8-7-12(2)9-16(13)19/h4-10,17,20H,3,11H2,1-2H3. The van der Waals surface area contributed by atoms with Gasteiger partial charge >= 0.3 is 0 Å². The molecule has 1 nitrogen and oxygen atoms in total. The van der Waals surface area contributed by atoms with E-state index in [-0.39, 0.29) is 6.04 Å². The van der Waals surface area contributed by atoms with Crippen LogP contribution in [-0.2, 0) is 6.42 Å². The summed E-state index contributed by atoms with van der Waals surface area (Å²) in [7, 11) is 0. The van der Waals surface area contributed by atoms with Crippen molar-refractivity contribution in [3.8, 4) is 0 Å². The van der Waals surface area contributed by atoms with Crippen LogP contribution in [0.15, 0.2) is 46.9 Å². The molecule has 0 heterocycles. The van der Waals surface area contributed by atoms with Crippen molar-refractivity contribution in [1.29, 1.82) is 0 Å². The normalized spacial score (nSPS) is 12.4. The molecular formula is C17H19BrClN. The largest absolute Gasteiger partial charge is 0.310 e. The lowest BCUT2D eigenvalue weighted by atomic mass is 9.98. The Balaban J connectivity index is 2.25. The van der Waals surface area contributed by atoms with Crippen LogP contribution in [0.2, 0.25) is 5.02 Å². The topological polar surface area (TPSA) is 12.0 Å². The molecule has 0 aliphatic carbocycles. The van der Waals surface area contributed by atoms with Crippen molar-refractivity contribution in [2.75, 3.05) is 6.54 Å². The predicted molar refractivity (Wildman–Crippen MR) is 90.5 cm³/mol. The zero-order valence-electron chi connectivity index (χ0n) is 11.8. The lowest BCUT2D eigenvalue weighted by molar-refractivity contribution is 0.549. The molecule has 0 bridgehead atoms. The third-order valence-electron chi connectivity index (χ3n) is 3.33. The minimum Gasteiger partial charge on any atom is -0.310 e. The Labute approximate surface area is 134 Å². The molecule has 0 radical (unpaired) electrons. The summed E-state index contributed by atoms with van der Waals surface area (Å²) in [6.07, 6.45) is 0.892. The van der Waals surface area contributed by atoms with E-state index >= 15 is 0 Å². The fraction of sp³-hybridized carbons (Fsp3) is 0.294. The Hall–Kier alpha value is -0.830. The first-order valence-corrected chi connectivity index (χ1v) is 8.01. The van der Waals surface area contributed by atoms with Gasteiger partial charge in [0.2, 0.25) is 0 Å². The van der Waals surface area contributed by atoms with Gasteiger partial charge in [0.25, 0.3) is 0 Å². The molecule has 0 aliphatic heterocycles. The van der Waals surface area contributed by atoms with Gasteiger partial charge in [-0.05, 0) is 54.8 Å². The van der Waals surface area contributed by atoms with Crippen molar-refractivity contribution in [1.82, 2.24) is 5.32 Å². The summed E-state index contributed by atoms with van der Waals surface area (Å²) in [6.45, 7) is 5.12. The molecule has 2 aromatic rings. The van der Waals surface area contributed by atoms with Crippen molar-refractivity contribution in [3.05, 3.63) is 68.7 Å². The number of hydrogen-bond acceptors (Lipinski definition) is 1. The Morgan fingerprint density at radius 1 is 1.20 bits per heavy atom. The Morgan fingerprint density at radius 2 is 2.00 bits per heavy atom. The number of rotatable bonds is 5. The van der Waals surface area contributed by atoms with Gasteiger partial charge in [-0.1, -0.05) is 58.7 Å². The van der Waals surface area contributed by atoms with E-state index in [2.05, 4.69) is 65.4 Å². The van der Waals surface area contributed by atoms with E-state index in [1.54, 1.807) is 0 Å². The summed E-state index contributed by atoms with van der Waals surface area (Å²) in [5, 5.41) is 4.39. The van der Waals surface area contributed by atoms with Crippen molar-refractivity contribution in [2.24, 2.45) is 0 Å². The van der Waals surface area contributed by atoms with Crippen LogP contribution in [0.4, 0.5) is 0 Å². The molecule has 0 saturated carbocycles. The van der Waals surface area contributed by atoms with E-state index in [0.717, 1.165) is 22.5 Å². The quantitative estimate of drug-likeness (QED) is 0.769. The van der Waals surface area contributed by atoms with Crippen molar-refractivity contribution >= 4 is 27.5 Å². The van der Waals surface area contributed by atoms with E-state index < -0.39 is 0 Å². The molecule has 0 aromatic heterocycles.